The Labute approximate surface area is 111 Å². The van der Waals surface area contributed by atoms with Crippen LogP contribution in [0, 0.1) is 12.3 Å². The van der Waals surface area contributed by atoms with Crippen molar-refractivity contribution >= 4 is 16.9 Å². The highest BCUT2D eigenvalue weighted by Crippen LogP contribution is 2.17. The van der Waals surface area contributed by atoms with Gasteiger partial charge in [-0.05, 0) is 17.7 Å². The van der Waals surface area contributed by atoms with Gasteiger partial charge in [0, 0.05) is 18.1 Å². The number of carbonyl (C=O) groups is 1. The molecule has 0 aliphatic heterocycles. The van der Waals surface area contributed by atoms with Gasteiger partial charge >= 0.3 is 5.97 Å². The van der Waals surface area contributed by atoms with Crippen LogP contribution >= 0.6 is 0 Å². The number of aromatic nitrogens is 1. The van der Waals surface area contributed by atoms with Crippen LogP contribution in [-0.2, 0) is 11.3 Å². The van der Waals surface area contributed by atoms with Crippen molar-refractivity contribution in [3.63, 3.8) is 0 Å². The zero-order valence-electron chi connectivity index (χ0n) is 10.4. The topological polar surface area (TPSA) is 53.4 Å². The molecule has 0 unspecified atom stereocenters. The molecule has 0 atom stereocenters. The fraction of sp³-hybridized carbons (Fsp3) is 0.200. The van der Waals surface area contributed by atoms with Crippen LogP contribution in [0.25, 0.3) is 10.9 Å². The van der Waals surface area contributed by atoms with Gasteiger partial charge in [-0.2, -0.15) is 0 Å². The summed E-state index contributed by atoms with van der Waals surface area (Å²) in [6.07, 6.45) is 7.00. The summed E-state index contributed by atoms with van der Waals surface area (Å²) in [5.41, 5.74) is 1.93. The molecule has 0 amide bonds. The van der Waals surface area contributed by atoms with Crippen LogP contribution in [0.4, 0.5) is 0 Å². The van der Waals surface area contributed by atoms with E-state index in [9.17, 15) is 4.79 Å². The Bertz CT molecular complexity index is 626. The average Bonchev–Trinajstić information content (AvgIpc) is 2.39. The second-order valence-electron chi connectivity index (χ2n) is 4.23. The lowest BCUT2D eigenvalue weighted by molar-refractivity contribution is -0.138. The van der Waals surface area contributed by atoms with Crippen LogP contribution in [0.15, 0.2) is 36.5 Å². The van der Waals surface area contributed by atoms with Crippen LogP contribution in [-0.4, -0.2) is 34.0 Å². The summed E-state index contributed by atoms with van der Waals surface area (Å²) < 4.78 is 0. The highest BCUT2D eigenvalue weighted by Gasteiger charge is 2.11. The Morgan fingerprint density at radius 2 is 2.16 bits per heavy atom. The number of terminal acetylenes is 1. The molecule has 1 aromatic heterocycles. The number of nitrogens with zero attached hydrogens (tertiary/aromatic N) is 2. The van der Waals surface area contributed by atoms with Crippen LogP contribution in [0.5, 0.6) is 0 Å². The van der Waals surface area contributed by atoms with E-state index >= 15 is 0 Å². The number of para-hydroxylation sites is 1. The molecule has 2 rings (SSSR count). The number of fused-ring (bicyclic) bond motifs is 1. The Hall–Kier alpha value is -2.38. The molecule has 0 spiro atoms. The highest BCUT2D eigenvalue weighted by molar-refractivity contribution is 5.81. The van der Waals surface area contributed by atoms with Crippen molar-refractivity contribution in [2.45, 2.75) is 6.54 Å². The zero-order valence-corrected chi connectivity index (χ0v) is 10.4. The molecule has 0 bridgehead atoms. The van der Waals surface area contributed by atoms with Gasteiger partial charge in [0.2, 0.25) is 0 Å². The molecule has 96 valence electrons. The number of hydrogen-bond acceptors (Lipinski definition) is 3. The van der Waals surface area contributed by atoms with E-state index in [4.69, 9.17) is 11.5 Å². The van der Waals surface area contributed by atoms with E-state index in [2.05, 4.69) is 10.9 Å². The van der Waals surface area contributed by atoms with Crippen LogP contribution < -0.4 is 0 Å². The molecule has 0 saturated heterocycles. The van der Waals surface area contributed by atoms with E-state index in [0.717, 1.165) is 16.5 Å². The number of benzene rings is 1. The minimum Gasteiger partial charge on any atom is -0.480 e. The SMILES string of the molecule is C#CCN(CC(=O)O)Cc1ccnc2ccccc12. The second kappa shape index (κ2) is 5.98. The first-order valence-electron chi connectivity index (χ1n) is 5.91. The number of hydrogen-bond donors (Lipinski definition) is 1. The summed E-state index contributed by atoms with van der Waals surface area (Å²) in [5, 5.41) is 9.90. The Balaban J connectivity index is 2.28. The lowest BCUT2D eigenvalue weighted by atomic mass is 10.1. The van der Waals surface area contributed by atoms with E-state index in [0.29, 0.717) is 13.1 Å². The zero-order chi connectivity index (χ0) is 13.7. The normalized spacial score (nSPS) is 10.5. The summed E-state index contributed by atoms with van der Waals surface area (Å²) in [4.78, 5) is 16.8. The first kappa shape index (κ1) is 13.1. The van der Waals surface area contributed by atoms with Crippen molar-refractivity contribution in [2.75, 3.05) is 13.1 Å². The third kappa shape index (κ3) is 3.30. The van der Waals surface area contributed by atoms with Gasteiger partial charge in [-0.25, -0.2) is 0 Å². The third-order valence-electron chi connectivity index (χ3n) is 2.81. The molecule has 0 fully saturated rings. The van der Waals surface area contributed by atoms with Crippen molar-refractivity contribution in [1.29, 1.82) is 0 Å². The van der Waals surface area contributed by atoms with Gasteiger partial charge in [0.05, 0.1) is 18.6 Å². The van der Waals surface area contributed by atoms with E-state index < -0.39 is 5.97 Å². The minimum atomic E-state index is -0.881. The lowest BCUT2D eigenvalue weighted by Crippen LogP contribution is -2.29. The van der Waals surface area contributed by atoms with E-state index in [1.54, 1.807) is 11.1 Å². The fourth-order valence-corrected chi connectivity index (χ4v) is 2.02. The maximum atomic E-state index is 10.8. The summed E-state index contributed by atoms with van der Waals surface area (Å²) in [6.45, 7) is 0.739. The van der Waals surface area contributed by atoms with Crippen LogP contribution in [0.2, 0.25) is 0 Å². The number of carboxylic acid groups (broad SMARTS) is 1. The summed E-state index contributed by atoms with van der Waals surface area (Å²) >= 11 is 0. The molecule has 19 heavy (non-hydrogen) atoms. The summed E-state index contributed by atoms with van der Waals surface area (Å²) in [6, 6.07) is 9.67. The number of pyridine rings is 1. The van der Waals surface area contributed by atoms with Crippen LogP contribution in [0.1, 0.15) is 5.56 Å². The van der Waals surface area contributed by atoms with Gasteiger partial charge < -0.3 is 5.11 Å². The van der Waals surface area contributed by atoms with Crippen molar-refractivity contribution in [3.8, 4) is 12.3 Å². The highest BCUT2D eigenvalue weighted by atomic mass is 16.4. The average molecular weight is 254 g/mol. The molecule has 0 radical (unpaired) electrons. The van der Waals surface area contributed by atoms with Gasteiger partial charge in [0.15, 0.2) is 0 Å². The van der Waals surface area contributed by atoms with Crippen molar-refractivity contribution < 1.29 is 9.90 Å². The van der Waals surface area contributed by atoms with Gasteiger partial charge in [0.25, 0.3) is 0 Å². The monoisotopic (exact) mass is 254 g/mol. The first-order chi connectivity index (χ1) is 9.20. The fourth-order valence-electron chi connectivity index (χ4n) is 2.02. The predicted octanol–water partition coefficient (Wildman–Crippen LogP) is 1.75. The van der Waals surface area contributed by atoms with Crippen LogP contribution in [0.3, 0.4) is 0 Å². The first-order valence-corrected chi connectivity index (χ1v) is 5.91. The molecule has 1 aromatic carbocycles. The Morgan fingerprint density at radius 1 is 1.37 bits per heavy atom. The smallest absolute Gasteiger partial charge is 0.317 e. The van der Waals surface area contributed by atoms with Gasteiger partial charge in [-0.3, -0.25) is 14.7 Å². The Morgan fingerprint density at radius 3 is 2.89 bits per heavy atom. The summed E-state index contributed by atoms with van der Waals surface area (Å²) in [5.74, 6) is 1.61. The standard InChI is InChI=1S/C15H14N2O2/c1-2-9-17(11-15(18)19)10-12-7-8-16-14-6-4-3-5-13(12)14/h1,3-8H,9-11H2,(H,18,19). The lowest BCUT2D eigenvalue weighted by Gasteiger charge is -2.18. The molecule has 0 saturated carbocycles. The van der Waals surface area contributed by atoms with Gasteiger partial charge in [-0.1, -0.05) is 24.1 Å². The quantitative estimate of drug-likeness (QED) is 0.826. The van der Waals surface area contributed by atoms with Crippen molar-refractivity contribution in [3.05, 3.63) is 42.1 Å². The largest absolute Gasteiger partial charge is 0.480 e. The molecule has 1 N–H and O–H groups in total. The maximum Gasteiger partial charge on any atom is 0.317 e. The molecule has 0 aliphatic carbocycles. The Kier molecular flexibility index (Phi) is 4.11. The third-order valence-corrected chi connectivity index (χ3v) is 2.81. The van der Waals surface area contributed by atoms with Crippen molar-refractivity contribution in [2.24, 2.45) is 0 Å². The molecular weight excluding hydrogens is 240 g/mol. The van der Waals surface area contributed by atoms with E-state index in [-0.39, 0.29) is 6.54 Å². The van der Waals surface area contributed by atoms with Gasteiger partial charge in [-0.15, -0.1) is 6.42 Å². The molecule has 4 nitrogen and oxygen atoms in total. The molecule has 0 aliphatic rings. The van der Waals surface area contributed by atoms with Gasteiger partial charge in [0.1, 0.15) is 0 Å². The maximum absolute atomic E-state index is 10.8. The second-order valence-corrected chi connectivity index (χ2v) is 4.23. The number of aliphatic carboxylic acids is 1. The number of rotatable bonds is 5. The van der Waals surface area contributed by atoms with Crippen molar-refractivity contribution in [1.82, 2.24) is 9.88 Å². The van der Waals surface area contributed by atoms with E-state index in [1.165, 1.54) is 0 Å². The molecular formula is C15H14N2O2. The minimum absolute atomic E-state index is 0.0686. The molecule has 4 heteroatoms. The van der Waals surface area contributed by atoms with E-state index in [1.807, 2.05) is 30.3 Å². The molecule has 2 aromatic rings. The number of carboxylic acids is 1. The summed E-state index contributed by atoms with van der Waals surface area (Å²) in [7, 11) is 0. The predicted molar refractivity (Wildman–Crippen MR) is 73.5 cm³/mol. The molecule has 1 heterocycles.